The number of hydrogen-bond acceptors (Lipinski definition) is 2. The van der Waals surface area contributed by atoms with Crippen molar-refractivity contribution >= 4 is 12.2 Å². The second kappa shape index (κ2) is 5.73. The van der Waals surface area contributed by atoms with Crippen LogP contribution in [-0.2, 0) is 0 Å². The zero-order valence-electron chi connectivity index (χ0n) is 9.82. The number of benzene rings is 2. The maximum absolute atomic E-state index is 9.14. The number of hydrogen-bond donors (Lipinski definition) is 2. The highest BCUT2D eigenvalue weighted by Gasteiger charge is 1.88. The molecule has 0 aliphatic heterocycles. The Bertz CT molecular complexity index is 495. The summed E-state index contributed by atoms with van der Waals surface area (Å²) in [6.07, 6.45) is 7.77. The van der Waals surface area contributed by atoms with Gasteiger partial charge in [-0.15, -0.1) is 0 Å². The molecular formula is C16H14O2. The van der Waals surface area contributed by atoms with E-state index in [1.165, 1.54) is 0 Å². The predicted octanol–water partition coefficient (Wildman–Crippen LogP) is 3.82. The van der Waals surface area contributed by atoms with Crippen LogP contribution in [0.2, 0.25) is 0 Å². The number of phenols is 2. The minimum Gasteiger partial charge on any atom is -0.508 e. The summed E-state index contributed by atoms with van der Waals surface area (Å²) in [5.74, 6) is 0.540. The first-order valence-corrected chi connectivity index (χ1v) is 5.67. The van der Waals surface area contributed by atoms with Crippen molar-refractivity contribution in [1.82, 2.24) is 0 Å². The Morgan fingerprint density at radius 1 is 0.556 bits per heavy atom. The Morgan fingerprint density at radius 2 is 0.889 bits per heavy atom. The van der Waals surface area contributed by atoms with Crippen molar-refractivity contribution < 1.29 is 10.2 Å². The second-order valence-corrected chi connectivity index (χ2v) is 3.90. The van der Waals surface area contributed by atoms with Crippen LogP contribution in [0.25, 0.3) is 12.2 Å². The van der Waals surface area contributed by atoms with Gasteiger partial charge in [0.1, 0.15) is 11.5 Å². The summed E-state index contributed by atoms with van der Waals surface area (Å²) in [6.45, 7) is 0. The molecule has 0 bridgehead atoms. The van der Waals surface area contributed by atoms with Crippen molar-refractivity contribution in [3.05, 3.63) is 71.8 Å². The summed E-state index contributed by atoms with van der Waals surface area (Å²) >= 11 is 0. The van der Waals surface area contributed by atoms with Gasteiger partial charge in [0.15, 0.2) is 0 Å². The standard InChI is InChI=1S/C16H14O2/c17-15-9-5-13(6-10-15)3-1-2-4-14-7-11-16(18)12-8-14/h1-12,17-18H/b3-1+,4-2+. The first-order valence-electron chi connectivity index (χ1n) is 5.67. The molecule has 0 aliphatic carbocycles. The molecule has 2 rings (SSSR count). The van der Waals surface area contributed by atoms with Crippen LogP contribution in [-0.4, -0.2) is 10.2 Å². The molecule has 0 amide bonds. The van der Waals surface area contributed by atoms with E-state index in [9.17, 15) is 0 Å². The van der Waals surface area contributed by atoms with Crippen LogP contribution >= 0.6 is 0 Å². The molecule has 0 aromatic heterocycles. The highest BCUT2D eigenvalue weighted by molar-refractivity contribution is 5.57. The van der Waals surface area contributed by atoms with Gasteiger partial charge in [-0.2, -0.15) is 0 Å². The fourth-order valence-corrected chi connectivity index (χ4v) is 1.50. The van der Waals surface area contributed by atoms with Gasteiger partial charge in [-0.05, 0) is 35.4 Å². The SMILES string of the molecule is Oc1ccc(/C=C/C=C/c2ccc(O)cc2)cc1. The van der Waals surface area contributed by atoms with Crippen LogP contribution < -0.4 is 0 Å². The Morgan fingerprint density at radius 3 is 1.22 bits per heavy atom. The highest BCUT2D eigenvalue weighted by Crippen LogP contribution is 2.12. The first kappa shape index (κ1) is 12.0. The van der Waals surface area contributed by atoms with Gasteiger partial charge in [-0.25, -0.2) is 0 Å². The van der Waals surface area contributed by atoms with E-state index < -0.39 is 0 Å². The van der Waals surface area contributed by atoms with Crippen LogP contribution in [0.4, 0.5) is 0 Å². The van der Waals surface area contributed by atoms with E-state index in [-0.39, 0.29) is 11.5 Å². The quantitative estimate of drug-likeness (QED) is 0.798. The number of aromatic hydroxyl groups is 2. The molecule has 2 aromatic rings. The molecule has 0 unspecified atom stereocenters. The third-order valence-electron chi connectivity index (χ3n) is 2.47. The van der Waals surface area contributed by atoms with Gasteiger partial charge in [-0.3, -0.25) is 0 Å². The monoisotopic (exact) mass is 238 g/mol. The van der Waals surface area contributed by atoms with Gasteiger partial charge in [0.2, 0.25) is 0 Å². The maximum Gasteiger partial charge on any atom is 0.115 e. The van der Waals surface area contributed by atoms with Gasteiger partial charge in [0, 0.05) is 0 Å². The molecule has 0 atom stereocenters. The third kappa shape index (κ3) is 3.52. The second-order valence-electron chi connectivity index (χ2n) is 3.90. The minimum absolute atomic E-state index is 0.270. The van der Waals surface area contributed by atoms with Crippen LogP contribution in [0, 0.1) is 0 Å². The summed E-state index contributed by atoms with van der Waals surface area (Å²) in [4.78, 5) is 0. The van der Waals surface area contributed by atoms with Crippen LogP contribution in [0.3, 0.4) is 0 Å². The van der Waals surface area contributed by atoms with Crippen molar-refractivity contribution in [2.24, 2.45) is 0 Å². The van der Waals surface area contributed by atoms with Gasteiger partial charge < -0.3 is 10.2 Å². The minimum atomic E-state index is 0.270. The van der Waals surface area contributed by atoms with E-state index in [1.807, 2.05) is 48.6 Å². The van der Waals surface area contributed by atoms with E-state index >= 15 is 0 Å². The number of rotatable bonds is 3. The molecule has 2 heteroatoms. The Kier molecular flexibility index (Phi) is 3.82. The summed E-state index contributed by atoms with van der Waals surface area (Å²) in [7, 11) is 0. The molecule has 0 heterocycles. The average Bonchev–Trinajstić information content (AvgIpc) is 2.39. The lowest BCUT2D eigenvalue weighted by molar-refractivity contribution is 0.474. The van der Waals surface area contributed by atoms with Crippen molar-refractivity contribution in [3.63, 3.8) is 0 Å². The predicted molar refractivity (Wildman–Crippen MR) is 74.3 cm³/mol. The normalized spacial score (nSPS) is 11.3. The molecular weight excluding hydrogens is 224 g/mol. The molecule has 2 aromatic carbocycles. The highest BCUT2D eigenvalue weighted by atomic mass is 16.3. The van der Waals surface area contributed by atoms with E-state index in [1.54, 1.807) is 24.3 Å². The molecule has 0 saturated carbocycles. The van der Waals surface area contributed by atoms with Gasteiger partial charge in [0.05, 0.1) is 0 Å². The lowest BCUT2D eigenvalue weighted by Crippen LogP contribution is -1.70. The molecule has 18 heavy (non-hydrogen) atoms. The fraction of sp³-hybridized carbons (Fsp3) is 0. The van der Waals surface area contributed by atoms with E-state index in [0.29, 0.717) is 0 Å². The largest absolute Gasteiger partial charge is 0.508 e. The zero-order valence-corrected chi connectivity index (χ0v) is 9.82. The summed E-state index contributed by atoms with van der Waals surface area (Å²) in [6, 6.07) is 14.0. The Labute approximate surface area is 106 Å². The lowest BCUT2D eigenvalue weighted by Gasteiger charge is -1.93. The lowest BCUT2D eigenvalue weighted by atomic mass is 10.2. The molecule has 0 saturated heterocycles. The fourth-order valence-electron chi connectivity index (χ4n) is 1.50. The number of allylic oxidation sites excluding steroid dienone is 2. The summed E-state index contributed by atoms with van der Waals surface area (Å²) in [5, 5.41) is 18.3. The van der Waals surface area contributed by atoms with Crippen LogP contribution in [0.5, 0.6) is 11.5 Å². The topological polar surface area (TPSA) is 40.5 Å². The van der Waals surface area contributed by atoms with Crippen molar-refractivity contribution in [3.8, 4) is 11.5 Å². The average molecular weight is 238 g/mol. The van der Waals surface area contributed by atoms with Gasteiger partial charge in [0.25, 0.3) is 0 Å². The Balaban J connectivity index is 1.98. The van der Waals surface area contributed by atoms with Crippen LogP contribution in [0.15, 0.2) is 60.7 Å². The van der Waals surface area contributed by atoms with Crippen molar-refractivity contribution in [2.45, 2.75) is 0 Å². The van der Waals surface area contributed by atoms with Crippen molar-refractivity contribution in [2.75, 3.05) is 0 Å². The molecule has 0 fully saturated rings. The van der Waals surface area contributed by atoms with E-state index in [4.69, 9.17) is 10.2 Å². The molecule has 2 N–H and O–H groups in total. The maximum atomic E-state index is 9.14. The van der Waals surface area contributed by atoms with Crippen molar-refractivity contribution in [1.29, 1.82) is 0 Å². The van der Waals surface area contributed by atoms with Crippen LogP contribution in [0.1, 0.15) is 11.1 Å². The molecule has 0 radical (unpaired) electrons. The third-order valence-corrected chi connectivity index (χ3v) is 2.47. The van der Waals surface area contributed by atoms with E-state index in [0.717, 1.165) is 11.1 Å². The first-order chi connectivity index (χ1) is 8.74. The Hall–Kier alpha value is -2.48. The molecule has 0 aliphatic rings. The smallest absolute Gasteiger partial charge is 0.115 e. The van der Waals surface area contributed by atoms with E-state index in [2.05, 4.69) is 0 Å². The molecule has 2 nitrogen and oxygen atoms in total. The van der Waals surface area contributed by atoms with Gasteiger partial charge >= 0.3 is 0 Å². The summed E-state index contributed by atoms with van der Waals surface area (Å²) in [5.41, 5.74) is 2.06. The van der Waals surface area contributed by atoms with Gasteiger partial charge in [-0.1, -0.05) is 48.6 Å². The molecule has 90 valence electrons. The zero-order chi connectivity index (χ0) is 12.8. The number of phenolic OH excluding ortho intramolecular Hbond substituents is 2. The molecule has 0 spiro atoms. The summed E-state index contributed by atoms with van der Waals surface area (Å²) < 4.78 is 0.